The van der Waals surface area contributed by atoms with Gasteiger partial charge in [-0.2, -0.15) is 0 Å². The SMILES string of the molecule is Cl.Cl.Cl.Cl.Nc1ccc(-c2nc3n(c2-c2ccc(C4(N)CCC4)cc2)-c2cccnc2Nc2ccccc2-3)cc1. The van der Waals surface area contributed by atoms with Gasteiger partial charge in [0.15, 0.2) is 5.82 Å². The molecule has 6 nitrogen and oxygen atoms in total. The van der Waals surface area contributed by atoms with Crippen molar-refractivity contribution >= 4 is 66.8 Å². The van der Waals surface area contributed by atoms with Crippen molar-refractivity contribution in [2.45, 2.75) is 24.8 Å². The number of halogens is 4. The van der Waals surface area contributed by atoms with Crippen LogP contribution in [-0.2, 0) is 5.54 Å². The molecule has 1 saturated carbocycles. The summed E-state index contributed by atoms with van der Waals surface area (Å²) in [6, 6.07) is 28.9. The van der Waals surface area contributed by atoms with E-state index in [0.717, 1.165) is 69.6 Å². The fourth-order valence-corrected chi connectivity index (χ4v) is 5.34. The van der Waals surface area contributed by atoms with Crippen LogP contribution < -0.4 is 16.8 Å². The van der Waals surface area contributed by atoms with Crippen molar-refractivity contribution in [2.24, 2.45) is 5.73 Å². The molecule has 0 radical (unpaired) electrons. The Morgan fingerprint density at radius 2 is 1.45 bits per heavy atom. The van der Waals surface area contributed by atoms with Gasteiger partial charge in [-0.15, -0.1) is 49.6 Å². The number of nitrogens with zero attached hydrogens (tertiary/aromatic N) is 3. The molecule has 0 amide bonds. The third-order valence-electron chi connectivity index (χ3n) is 7.49. The molecule has 208 valence electrons. The van der Waals surface area contributed by atoms with Crippen molar-refractivity contribution in [2.75, 3.05) is 11.1 Å². The van der Waals surface area contributed by atoms with Crippen molar-refractivity contribution in [3.8, 4) is 39.6 Å². The highest BCUT2D eigenvalue weighted by atomic mass is 35.5. The molecular weight excluding hydrogens is 586 g/mol. The number of hydrogen-bond acceptors (Lipinski definition) is 5. The van der Waals surface area contributed by atoms with Gasteiger partial charge in [-0.25, -0.2) is 9.97 Å². The lowest BCUT2D eigenvalue weighted by Crippen LogP contribution is -2.43. The fraction of sp³-hybridized carbons (Fsp3) is 0.133. The first-order chi connectivity index (χ1) is 17.6. The molecule has 1 aliphatic carbocycles. The minimum atomic E-state index is -0.202. The Labute approximate surface area is 258 Å². The molecule has 0 bridgehead atoms. The first-order valence-corrected chi connectivity index (χ1v) is 12.3. The Morgan fingerprint density at radius 1 is 0.775 bits per heavy atom. The van der Waals surface area contributed by atoms with E-state index in [-0.39, 0.29) is 55.2 Å². The number of nitrogens with two attached hydrogens (primary N) is 2. The predicted octanol–water partition coefficient (Wildman–Crippen LogP) is 7.93. The van der Waals surface area contributed by atoms with Crippen molar-refractivity contribution in [3.05, 3.63) is 96.7 Å². The summed E-state index contributed by atoms with van der Waals surface area (Å²) in [5.41, 5.74) is 21.3. The quantitative estimate of drug-likeness (QED) is 0.176. The molecule has 5 N–H and O–H groups in total. The van der Waals surface area contributed by atoms with Gasteiger partial charge in [0.2, 0.25) is 0 Å². The number of fused-ring (bicyclic) bond motifs is 5. The molecule has 2 aromatic heterocycles. The second-order valence-electron chi connectivity index (χ2n) is 9.72. The number of pyridine rings is 1. The Morgan fingerprint density at radius 3 is 2.12 bits per heavy atom. The molecule has 0 unspecified atom stereocenters. The minimum Gasteiger partial charge on any atom is -0.399 e. The van der Waals surface area contributed by atoms with E-state index in [1.807, 2.05) is 48.7 Å². The van der Waals surface area contributed by atoms with Crippen LogP contribution in [0.1, 0.15) is 24.8 Å². The molecule has 0 saturated heterocycles. The highest BCUT2D eigenvalue weighted by Gasteiger charge is 2.34. The van der Waals surface area contributed by atoms with Crippen LogP contribution in [0.3, 0.4) is 0 Å². The van der Waals surface area contributed by atoms with Crippen LogP contribution in [0.2, 0.25) is 0 Å². The number of rotatable bonds is 3. The summed E-state index contributed by atoms with van der Waals surface area (Å²) in [6.45, 7) is 0. The van der Waals surface area contributed by atoms with Gasteiger partial charge in [0.05, 0.1) is 22.8 Å². The number of nitrogen functional groups attached to an aromatic ring is 1. The van der Waals surface area contributed by atoms with Crippen LogP contribution in [0.4, 0.5) is 17.2 Å². The van der Waals surface area contributed by atoms with E-state index >= 15 is 0 Å². The number of hydrogen-bond donors (Lipinski definition) is 3. The van der Waals surface area contributed by atoms with E-state index in [9.17, 15) is 0 Å². The highest BCUT2D eigenvalue weighted by Crippen LogP contribution is 2.45. The molecule has 0 spiro atoms. The molecule has 0 atom stereocenters. The van der Waals surface area contributed by atoms with E-state index in [0.29, 0.717) is 0 Å². The summed E-state index contributed by atoms with van der Waals surface area (Å²) in [5, 5.41) is 3.52. The van der Waals surface area contributed by atoms with Crippen LogP contribution in [0.5, 0.6) is 0 Å². The lowest BCUT2D eigenvalue weighted by atomic mass is 9.72. The van der Waals surface area contributed by atoms with Crippen molar-refractivity contribution < 1.29 is 0 Å². The average Bonchev–Trinajstić information content (AvgIpc) is 3.22. The first-order valence-electron chi connectivity index (χ1n) is 12.3. The fourth-order valence-electron chi connectivity index (χ4n) is 5.34. The van der Waals surface area contributed by atoms with Gasteiger partial charge in [0.1, 0.15) is 5.82 Å². The van der Waals surface area contributed by atoms with Crippen LogP contribution in [0.15, 0.2) is 91.1 Å². The number of para-hydroxylation sites is 1. The van der Waals surface area contributed by atoms with Crippen molar-refractivity contribution in [3.63, 3.8) is 0 Å². The molecular formula is C30H30Cl4N6. The van der Waals surface area contributed by atoms with Gasteiger partial charge in [0.25, 0.3) is 0 Å². The number of anilines is 3. The Balaban J connectivity index is 0.00000110. The zero-order valence-electron chi connectivity index (χ0n) is 21.4. The van der Waals surface area contributed by atoms with Crippen molar-refractivity contribution in [1.82, 2.24) is 14.5 Å². The lowest BCUT2D eigenvalue weighted by molar-refractivity contribution is 0.253. The number of aromatic nitrogens is 3. The zero-order valence-corrected chi connectivity index (χ0v) is 24.7. The standard InChI is InChI=1S/C30H26N6.4ClH/c31-22-14-10-19(11-15-22)26-27(20-8-12-21(13-9-20)30(32)16-4-17-30)36-25-7-3-18-33-28(25)34-24-6-2-1-5-23(24)29(36)35-26;;;;/h1-3,5-15,18H,4,16-17,31-32H2,(H,33,34);4*1H. The maximum Gasteiger partial charge on any atom is 0.154 e. The van der Waals surface area contributed by atoms with Gasteiger partial charge >= 0.3 is 0 Å². The smallest absolute Gasteiger partial charge is 0.154 e. The molecule has 5 aromatic rings. The third-order valence-corrected chi connectivity index (χ3v) is 7.49. The molecule has 3 aromatic carbocycles. The van der Waals surface area contributed by atoms with Crippen LogP contribution in [0.25, 0.3) is 39.6 Å². The topological polar surface area (TPSA) is 94.8 Å². The van der Waals surface area contributed by atoms with E-state index in [4.69, 9.17) is 16.5 Å². The van der Waals surface area contributed by atoms with E-state index in [2.05, 4.69) is 57.3 Å². The van der Waals surface area contributed by atoms with Gasteiger partial charge in [-0.1, -0.05) is 48.5 Å². The molecule has 1 fully saturated rings. The van der Waals surface area contributed by atoms with Gasteiger partial charge in [0, 0.05) is 34.1 Å². The summed E-state index contributed by atoms with van der Waals surface area (Å²) in [7, 11) is 0. The predicted molar refractivity (Wildman–Crippen MR) is 174 cm³/mol. The number of nitrogens with one attached hydrogen (secondary N) is 1. The maximum absolute atomic E-state index is 6.63. The summed E-state index contributed by atoms with van der Waals surface area (Å²) < 4.78 is 2.23. The van der Waals surface area contributed by atoms with Gasteiger partial charge in [-0.05, 0) is 61.2 Å². The minimum absolute atomic E-state index is 0. The lowest BCUT2D eigenvalue weighted by Gasteiger charge is -2.38. The average molecular weight is 616 g/mol. The third kappa shape index (κ3) is 5.02. The van der Waals surface area contributed by atoms with Crippen LogP contribution >= 0.6 is 49.6 Å². The second-order valence-corrected chi connectivity index (χ2v) is 9.72. The molecule has 2 aliphatic rings. The van der Waals surface area contributed by atoms with E-state index < -0.39 is 0 Å². The van der Waals surface area contributed by atoms with Crippen LogP contribution in [0, 0.1) is 0 Å². The normalized spacial score (nSPS) is 13.5. The Kier molecular flexibility index (Phi) is 9.45. The number of imidazole rings is 1. The first kappa shape index (κ1) is 31.3. The van der Waals surface area contributed by atoms with Gasteiger partial charge < -0.3 is 16.8 Å². The van der Waals surface area contributed by atoms with Crippen LogP contribution in [-0.4, -0.2) is 14.5 Å². The summed E-state index contributed by atoms with van der Waals surface area (Å²) >= 11 is 0. The largest absolute Gasteiger partial charge is 0.399 e. The monoisotopic (exact) mass is 614 g/mol. The zero-order chi connectivity index (χ0) is 24.3. The molecule has 3 heterocycles. The molecule has 10 heteroatoms. The van der Waals surface area contributed by atoms with E-state index in [1.165, 1.54) is 12.0 Å². The molecule has 1 aliphatic heterocycles. The molecule has 7 rings (SSSR count). The second kappa shape index (κ2) is 12.1. The van der Waals surface area contributed by atoms with E-state index in [1.54, 1.807) is 0 Å². The summed E-state index contributed by atoms with van der Waals surface area (Å²) in [5.74, 6) is 1.66. The summed E-state index contributed by atoms with van der Waals surface area (Å²) in [4.78, 5) is 9.93. The summed E-state index contributed by atoms with van der Waals surface area (Å²) in [6.07, 6.45) is 5.07. The highest BCUT2D eigenvalue weighted by molar-refractivity contribution is 5.91. The maximum atomic E-state index is 6.63. The number of benzene rings is 3. The molecule has 40 heavy (non-hydrogen) atoms. The van der Waals surface area contributed by atoms with Crippen molar-refractivity contribution in [1.29, 1.82) is 0 Å². The Hall–Kier alpha value is -3.26. The Bertz CT molecular complexity index is 1610. The van der Waals surface area contributed by atoms with Gasteiger partial charge in [-0.3, -0.25) is 4.57 Å².